The number of hydrogen-bond acceptors (Lipinski definition) is 3. The molecule has 1 atom stereocenters. The fourth-order valence-corrected chi connectivity index (χ4v) is 1.59. The Kier molecular flexibility index (Phi) is 2.86. The molecule has 1 amide bonds. The van der Waals surface area contributed by atoms with Crippen molar-refractivity contribution in [1.29, 1.82) is 0 Å². The molecule has 1 fully saturated rings. The maximum Gasteiger partial charge on any atom is 0.262 e. The Balaban J connectivity index is 1.81. The lowest BCUT2D eigenvalue weighted by Gasteiger charge is -2.10. The highest BCUT2D eigenvalue weighted by Crippen LogP contribution is 2.24. The van der Waals surface area contributed by atoms with Gasteiger partial charge in [0.05, 0.1) is 19.1 Å². The van der Waals surface area contributed by atoms with E-state index in [-0.39, 0.29) is 6.54 Å². The van der Waals surface area contributed by atoms with Gasteiger partial charge >= 0.3 is 0 Å². The number of H-pyrrole nitrogens is 1. The monoisotopic (exact) mass is 230 g/mol. The van der Waals surface area contributed by atoms with E-state index in [1.165, 1.54) is 0 Å². The molecule has 1 unspecified atom stereocenters. The molecule has 0 aliphatic carbocycles. The number of halogens is 2. The summed E-state index contributed by atoms with van der Waals surface area (Å²) in [5.41, 5.74) is 0. The van der Waals surface area contributed by atoms with Crippen LogP contribution in [0, 0.1) is 0 Å². The Morgan fingerprint density at radius 3 is 3.06 bits per heavy atom. The number of amides is 1. The van der Waals surface area contributed by atoms with Gasteiger partial charge in [0.15, 0.2) is 0 Å². The molecule has 1 aromatic heterocycles. The third-order valence-corrected chi connectivity index (χ3v) is 2.41. The molecule has 1 aromatic rings. The van der Waals surface area contributed by atoms with Crippen LogP contribution in [-0.2, 0) is 11.3 Å². The summed E-state index contributed by atoms with van der Waals surface area (Å²) < 4.78 is 25.6. The first-order chi connectivity index (χ1) is 7.57. The highest BCUT2D eigenvalue weighted by atomic mass is 19.3. The molecule has 7 heteroatoms. The van der Waals surface area contributed by atoms with E-state index in [4.69, 9.17) is 0 Å². The van der Waals surface area contributed by atoms with Crippen molar-refractivity contribution < 1.29 is 13.6 Å². The van der Waals surface area contributed by atoms with Gasteiger partial charge in [-0.3, -0.25) is 10.1 Å². The third-order valence-electron chi connectivity index (χ3n) is 2.41. The Morgan fingerprint density at radius 2 is 2.50 bits per heavy atom. The molecule has 3 N–H and O–H groups in total. The van der Waals surface area contributed by atoms with Gasteiger partial charge in [0.2, 0.25) is 5.91 Å². The number of carbonyl (C=O) groups is 1. The zero-order chi connectivity index (χ0) is 11.6. The largest absolute Gasteiger partial charge is 0.348 e. The minimum atomic E-state index is -2.79. The fourth-order valence-electron chi connectivity index (χ4n) is 1.59. The van der Waals surface area contributed by atoms with Crippen molar-refractivity contribution in [2.24, 2.45) is 0 Å². The Labute approximate surface area is 90.6 Å². The average Bonchev–Trinajstić information content (AvgIpc) is 2.83. The van der Waals surface area contributed by atoms with Crippen LogP contribution in [0.15, 0.2) is 12.4 Å². The molecular formula is C9H12F2N4O. The number of rotatable bonds is 3. The van der Waals surface area contributed by atoms with Crippen LogP contribution in [0.25, 0.3) is 0 Å². The molecule has 0 radical (unpaired) electrons. The molecule has 0 bridgehead atoms. The highest BCUT2D eigenvalue weighted by molar-refractivity contribution is 5.82. The van der Waals surface area contributed by atoms with Gasteiger partial charge in [-0.25, -0.2) is 13.8 Å². The zero-order valence-corrected chi connectivity index (χ0v) is 8.46. The van der Waals surface area contributed by atoms with Crippen molar-refractivity contribution in [3.8, 4) is 0 Å². The minimum absolute atomic E-state index is 0.218. The molecule has 0 saturated carbocycles. The lowest BCUT2D eigenvalue weighted by Crippen LogP contribution is -2.40. The van der Waals surface area contributed by atoms with E-state index in [1.54, 1.807) is 12.4 Å². The summed E-state index contributed by atoms with van der Waals surface area (Å²) in [7, 11) is 0. The zero-order valence-electron chi connectivity index (χ0n) is 8.46. The van der Waals surface area contributed by atoms with E-state index in [9.17, 15) is 13.6 Å². The Bertz CT molecular complexity index is 366. The van der Waals surface area contributed by atoms with E-state index < -0.39 is 30.8 Å². The second kappa shape index (κ2) is 4.17. The van der Waals surface area contributed by atoms with E-state index in [0.29, 0.717) is 5.82 Å². The van der Waals surface area contributed by atoms with E-state index >= 15 is 0 Å². The van der Waals surface area contributed by atoms with E-state index in [0.717, 1.165) is 0 Å². The highest BCUT2D eigenvalue weighted by Gasteiger charge is 2.42. The van der Waals surface area contributed by atoms with Crippen molar-refractivity contribution in [2.45, 2.75) is 24.9 Å². The summed E-state index contributed by atoms with van der Waals surface area (Å²) >= 11 is 0. The normalized spacial score (nSPS) is 23.2. The molecule has 1 aliphatic rings. The van der Waals surface area contributed by atoms with E-state index in [2.05, 4.69) is 20.6 Å². The van der Waals surface area contributed by atoms with Crippen LogP contribution < -0.4 is 10.6 Å². The topological polar surface area (TPSA) is 69.8 Å². The molecule has 5 nitrogen and oxygen atoms in total. The molecule has 0 spiro atoms. The molecule has 2 heterocycles. The number of carbonyl (C=O) groups excluding carboxylic acids is 1. The predicted octanol–water partition coefficient (Wildman–Crippen LogP) is 0.0231. The number of nitrogens with zero attached hydrogens (tertiary/aromatic N) is 1. The van der Waals surface area contributed by atoms with Crippen LogP contribution >= 0.6 is 0 Å². The molecule has 0 aromatic carbocycles. The van der Waals surface area contributed by atoms with Gasteiger partial charge in [-0.05, 0) is 0 Å². The van der Waals surface area contributed by atoms with Crippen LogP contribution in [0.5, 0.6) is 0 Å². The van der Waals surface area contributed by atoms with Gasteiger partial charge in [-0.2, -0.15) is 0 Å². The third kappa shape index (κ3) is 2.54. The van der Waals surface area contributed by atoms with Crippen molar-refractivity contribution >= 4 is 5.91 Å². The Morgan fingerprint density at radius 1 is 1.69 bits per heavy atom. The van der Waals surface area contributed by atoms with Crippen LogP contribution in [0.4, 0.5) is 8.78 Å². The first kappa shape index (κ1) is 11.0. The summed E-state index contributed by atoms with van der Waals surface area (Å²) in [6, 6.07) is -0.815. The van der Waals surface area contributed by atoms with Gasteiger partial charge in [0.25, 0.3) is 5.92 Å². The minimum Gasteiger partial charge on any atom is -0.348 e. The van der Waals surface area contributed by atoms with Crippen LogP contribution in [0.3, 0.4) is 0 Å². The maximum atomic E-state index is 12.8. The van der Waals surface area contributed by atoms with Crippen LogP contribution in [0.1, 0.15) is 12.2 Å². The number of imidazole rings is 1. The summed E-state index contributed by atoms with van der Waals surface area (Å²) in [5.74, 6) is -2.61. The molecular weight excluding hydrogens is 218 g/mol. The summed E-state index contributed by atoms with van der Waals surface area (Å²) in [6.07, 6.45) is 2.74. The number of alkyl halides is 2. The van der Waals surface area contributed by atoms with Gasteiger partial charge < -0.3 is 10.3 Å². The predicted molar refractivity (Wildman–Crippen MR) is 51.8 cm³/mol. The number of nitrogens with one attached hydrogen (secondary N) is 3. The smallest absolute Gasteiger partial charge is 0.262 e. The molecule has 88 valence electrons. The summed E-state index contributed by atoms with van der Waals surface area (Å²) in [4.78, 5) is 18.2. The fraction of sp³-hybridized carbons (Fsp3) is 0.556. The maximum absolute atomic E-state index is 12.8. The lowest BCUT2D eigenvalue weighted by atomic mass is 10.2. The van der Waals surface area contributed by atoms with Gasteiger partial charge in [0.1, 0.15) is 5.82 Å². The molecule has 2 rings (SSSR count). The quantitative estimate of drug-likeness (QED) is 0.685. The second-order valence-corrected chi connectivity index (χ2v) is 3.75. The molecule has 1 aliphatic heterocycles. The van der Waals surface area contributed by atoms with Crippen LogP contribution in [0.2, 0.25) is 0 Å². The van der Waals surface area contributed by atoms with Crippen LogP contribution in [-0.4, -0.2) is 34.4 Å². The molecule has 16 heavy (non-hydrogen) atoms. The standard InChI is InChI=1S/C9H12F2N4O/c10-9(11)3-6(15-5-9)8(16)14-4-7-12-1-2-13-7/h1-2,6,15H,3-5H2,(H,12,13)(H,14,16). The summed E-state index contributed by atoms with van der Waals surface area (Å²) in [6.45, 7) is -0.221. The van der Waals surface area contributed by atoms with Crippen molar-refractivity contribution in [3.05, 3.63) is 18.2 Å². The van der Waals surface area contributed by atoms with Gasteiger partial charge in [-0.1, -0.05) is 0 Å². The average molecular weight is 230 g/mol. The number of hydrogen-bond donors (Lipinski definition) is 3. The number of aromatic nitrogens is 2. The first-order valence-electron chi connectivity index (χ1n) is 4.94. The van der Waals surface area contributed by atoms with Gasteiger partial charge in [0, 0.05) is 18.8 Å². The van der Waals surface area contributed by atoms with Gasteiger partial charge in [-0.15, -0.1) is 0 Å². The van der Waals surface area contributed by atoms with E-state index in [1.807, 2.05) is 0 Å². The van der Waals surface area contributed by atoms with Crippen molar-refractivity contribution in [2.75, 3.05) is 6.54 Å². The second-order valence-electron chi connectivity index (χ2n) is 3.75. The first-order valence-corrected chi connectivity index (χ1v) is 4.94. The molecule has 1 saturated heterocycles. The van der Waals surface area contributed by atoms with Crippen molar-refractivity contribution in [1.82, 2.24) is 20.6 Å². The number of aromatic amines is 1. The SMILES string of the molecule is O=C(NCc1ncc[nH]1)C1CC(F)(F)CN1. The lowest BCUT2D eigenvalue weighted by molar-refractivity contribution is -0.123. The van der Waals surface area contributed by atoms with Crippen molar-refractivity contribution in [3.63, 3.8) is 0 Å². The Hall–Kier alpha value is -1.50. The summed E-state index contributed by atoms with van der Waals surface area (Å²) in [5, 5.41) is 5.02.